The lowest BCUT2D eigenvalue weighted by Crippen LogP contribution is -2.45. The number of β-amino-alcohol motifs (C(OH)–C–C–N with tert-alkyl or cyclic N) is 1. The van der Waals surface area contributed by atoms with Gasteiger partial charge in [-0.05, 0) is 32.7 Å². The maximum absolute atomic E-state index is 12.1. The van der Waals surface area contributed by atoms with Crippen molar-refractivity contribution < 1.29 is 9.90 Å². The summed E-state index contributed by atoms with van der Waals surface area (Å²) in [4.78, 5) is 16.1. The van der Waals surface area contributed by atoms with Gasteiger partial charge in [0.2, 0.25) is 5.91 Å². The summed E-state index contributed by atoms with van der Waals surface area (Å²) in [6.45, 7) is 7.87. The number of likely N-dealkylation sites (tertiary alicyclic amines) is 1. The number of piperidine rings is 1. The van der Waals surface area contributed by atoms with Gasteiger partial charge in [0.1, 0.15) is 0 Å². The molecule has 0 aromatic heterocycles. The topological polar surface area (TPSA) is 43.8 Å². The number of aliphatic hydroxyl groups excluding tert-OH is 1. The fourth-order valence-corrected chi connectivity index (χ4v) is 2.27. The summed E-state index contributed by atoms with van der Waals surface area (Å²) in [5.41, 5.74) is 0. The second-order valence-electron chi connectivity index (χ2n) is 4.86. The highest BCUT2D eigenvalue weighted by Gasteiger charge is 2.21. The van der Waals surface area contributed by atoms with E-state index in [1.807, 2.05) is 11.8 Å². The van der Waals surface area contributed by atoms with Gasteiger partial charge >= 0.3 is 0 Å². The summed E-state index contributed by atoms with van der Waals surface area (Å²) in [6.07, 6.45) is 3.81. The number of unbranched alkanes of at least 4 members (excludes halogenated alkanes) is 1. The highest BCUT2D eigenvalue weighted by molar-refractivity contribution is 5.78. The Morgan fingerprint density at radius 1 is 1.47 bits per heavy atom. The minimum Gasteiger partial charge on any atom is -0.392 e. The van der Waals surface area contributed by atoms with Crippen LogP contribution in [0.5, 0.6) is 0 Å². The smallest absolute Gasteiger partial charge is 0.236 e. The number of amides is 1. The van der Waals surface area contributed by atoms with Gasteiger partial charge in [0.05, 0.1) is 12.6 Å². The Morgan fingerprint density at radius 2 is 2.24 bits per heavy atom. The third kappa shape index (κ3) is 5.04. The molecule has 1 amide bonds. The van der Waals surface area contributed by atoms with E-state index in [-0.39, 0.29) is 12.0 Å². The number of hydrogen-bond donors (Lipinski definition) is 1. The summed E-state index contributed by atoms with van der Waals surface area (Å²) < 4.78 is 0. The lowest BCUT2D eigenvalue weighted by Gasteiger charge is -2.31. The van der Waals surface area contributed by atoms with Crippen molar-refractivity contribution in [3.05, 3.63) is 0 Å². The fourth-order valence-electron chi connectivity index (χ4n) is 2.27. The first kappa shape index (κ1) is 14.5. The Labute approximate surface area is 105 Å². The molecule has 1 N–H and O–H groups in total. The Hall–Kier alpha value is -0.610. The van der Waals surface area contributed by atoms with E-state index in [9.17, 15) is 9.90 Å². The standard InChI is InChI=1S/C13H26N2O2/c1-3-5-9-15(4-2)13(17)11-14-8-6-7-12(16)10-14/h12,16H,3-11H2,1-2H3/t12-/m0/s1. The largest absolute Gasteiger partial charge is 0.392 e. The van der Waals surface area contributed by atoms with Crippen molar-refractivity contribution in [2.75, 3.05) is 32.7 Å². The molecule has 100 valence electrons. The zero-order chi connectivity index (χ0) is 12.7. The maximum Gasteiger partial charge on any atom is 0.236 e. The quantitative estimate of drug-likeness (QED) is 0.758. The highest BCUT2D eigenvalue weighted by atomic mass is 16.3. The highest BCUT2D eigenvalue weighted by Crippen LogP contribution is 2.10. The molecule has 1 saturated heterocycles. The zero-order valence-corrected chi connectivity index (χ0v) is 11.2. The number of carbonyl (C=O) groups excluding carboxylic acids is 1. The molecule has 1 atom stereocenters. The molecule has 4 heteroatoms. The van der Waals surface area contributed by atoms with Crippen molar-refractivity contribution in [3.63, 3.8) is 0 Å². The minimum atomic E-state index is -0.248. The molecule has 0 radical (unpaired) electrons. The average molecular weight is 242 g/mol. The van der Waals surface area contributed by atoms with Crippen LogP contribution in [0.4, 0.5) is 0 Å². The van der Waals surface area contributed by atoms with Crippen molar-refractivity contribution >= 4 is 5.91 Å². The van der Waals surface area contributed by atoms with Crippen LogP contribution in [-0.4, -0.2) is 59.6 Å². The molecule has 1 rings (SSSR count). The number of carbonyl (C=O) groups is 1. The summed E-state index contributed by atoms with van der Waals surface area (Å²) in [6, 6.07) is 0. The molecule has 0 aromatic carbocycles. The maximum atomic E-state index is 12.1. The van der Waals surface area contributed by atoms with Crippen molar-refractivity contribution in [1.29, 1.82) is 0 Å². The Kier molecular flexibility index (Phi) is 6.52. The summed E-state index contributed by atoms with van der Waals surface area (Å²) in [5.74, 6) is 0.204. The molecule has 0 aromatic rings. The number of rotatable bonds is 6. The lowest BCUT2D eigenvalue weighted by molar-refractivity contribution is -0.133. The zero-order valence-electron chi connectivity index (χ0n) is 11.2. The first-order valence-corrected chi connectivity index (χ1v) is 6.85. The average Bonchev–Trinajstić information content (AvgIpc) is 2.30. The third-order valence-corrected chi connectivity index (χ3v) is 3.36. The first-order valence-electron chi connectivity index (χ1n) is 6.85. The second-order valence-corrected chi connectivity index (χ2v) is 4.86. The van der Waals surface area contributed by atoms with E-state index in [2.05, 4.69) is 11.8 Å². The van der Waals surface area contributed by atoms with E-state index >= 15 is 0 Å². The summed E-state index contributed by atoms with van der Waals surface area (Å²) >= 11 is 0. The van der Waals surface area contributed by atoms with Gasteiger partial charge in [-0.15, -0.1) is 0 Å². The van der Waals surface area contributed by atoms with Crippen molar-refractivity contribution in [1.82, 2.24) is 9.80 Å². The first-order chi connectivity index (χ1) is 8.17. The van der Waals surface area contributed by atoms with Gasteiger partial charge in [0, 0.05) is 19.6 Å². The molecule has 0 aliphatic carbocycles. The number of hydrogen-bond acceptors (Lipinski definition) is 3. The van der Waals surface area contributed by atoms with Gasteiger partial charge in [-0.25, -0.2) is 0 Å². The van der Waals surface area contributed by atoms with Crippen LogP contribution in [-0.2, 0) is 4.79 Å². The molecule has 0 unspecified atom stereocenters. The molecule has 1 fully saturated rings. The van der Waals surface area contributed by atoms with Crippen molar-refractivity contribution in [2.45, 2.75) is 45.6 Å². The van der Waals surface area contributed by atoms with E-state index in [0.717, 1.165) is 45.3 Å². The molecule has 0 saturated carbocycles. The van der Waals surface area contributed by atoms with Crippen LogP contribution in [0.25, 0.3) is 0 Å². The van der Waals surface area contributed by atoms with Crippen LogP contribution in [0.1, 0.15) is 39.5 Å². The molecule has 0 bridgehead atoms. The van der Waals surface area contributed by atoms with Gasteiger partial charge in [-0.2, -0.15) is 0 Å². The molecular formula is C13H26N2O2. The Morgan fingerprint density at radius 3 is 2.82 bits per heavy atom. The van der Waals surface area contributed by atoms with Crippen LogP contribution >= 0.6 is 0 Å². The monoisotopic (exact) mass is 242 g/mol. The molecule has 1 aliphatic rings. The van der Waals surface area contributed by atoms with Gasteiger partial charge in [0.25, 0.3) is 0 Å². The van der Waals surface area contributed by atoms with E-state index in [4.69, 9.17) is 0 Å². The summed E-state index contributed by atoms with van der Waals surface area (Å²) in [5, 5.41) is 9.56. The number of aliphatic hydroxyl groups is 1. The predicted octanol–water partition coefficient (Wildman–Crippen LogP) is 1.09. The molecular weight excluding hydrogens is 216 g/mol. The van der Waals surface area contributed by atoms with Crippen LogP contribution in [0.3, 0.4) is 0 Å². The van der Waals surface area contributed by atoms with E-state index in [0.29, 0.717) is 13.1 Å². The fraction of sp³-hybridized carbons (Fsp3) is 0.923. The third-order valence-electron chi connectivity index (χ3n) is 3.36. The SMILES string of the molecule is CCCCN(CC)C(=O)CN1CCC[C@H](O)C1. The Bertz CT molecular complexity index is 233. The van der Waals surface area contributed by atoms with Crippen LogP contribution in [0.2, 0.25) is 0 Å². The Balaban J connectivity index is 2.35. The van der Waals surface area contributed by atoms with Crippen molar-refractivity contribution in [3.8, 4) is 0 Å². The number of likely N-dealkylation sites (N-methyl/N-ethyl adjacent to an activating group) is 1. The van der Waals surface area contributed by atoms with E-state index < -0.39 is 0 Å². The predicted molar refractivity (Wildman–Crippen MR) is 68.8 cm³/mol. The second kappa shape index (κ2) is 7.67. The van der Waals surface area contributed by atoms with Gasteiger partial charge in [-0.3, -0.25) is 9.69 Å². The van der Waals surface area contributed by atoms with Crippen LogP contribution in [0.15, 0.2) is 0 Å². The minimum absolute atomic E-state index is 0.204. The molecule has 17 heavy (non-hydrogen) atoms. The van der Waals surface area contributed by atoms with Crippen LogP contribution < -0.4 is 0 Å². The van der Waals surface area contributed by atoms with Gasteiger partial charge in [-0.1, -0.05) is 13.3 Å². The molecule has 4 nitrogen and oxygen atoms in total. The van der Waals surface area contributed by atoms with Crippen LogP contribution in [0, 0.1) is 0 Å². The molecule has 1 heterocycles. The number of nitrogens with zero attached hydrogens (tertiary/aromatic N) is 2. The van der Waals surface area contributed by atoms with Crippen molar-refractivity contribution in [2.24, 2.45) is 0 Å². The van der Waals surface area contributed by atoms with E-state index in [1.165, 1.54) is 0 Å². The van der Waals surface area contributed by atoms with E-state index in [1.54, 1.807) is 0 Å². The molecule has 0 spiro atoms. The molecule has 1 aliphatic heterocycles. The van der Waals surface area contributed by atoms with Gasteiger partial charge in [0.15, 0.2) is 0 Å². The summed E-state index contributed by atoms with van der Waals surface area (Å²) in [7, 11) is 0. The normalized spacial score (nSPS) is 21.5. The van der Waals surface area contributed by atoms with Gasteiger partial charge < -0.3 is 10.0 Å². The lowest BCUT2D eigenvalue weighted by atomic mass is 10.1.